The number of aryl methyl sites for hydroxylation is 1. The highest BCUT2D eigenvalue weighted by atomic mass is 16.5. The molecule has 0 bridgehead atoms. The van der Waals surface area contributed by atoms with Crippen molar-refractivity contribution >= 4 is 0 Å². The molecule has 1 N–H and O–H groups in total. The van der Waals surface area contributed by atoms with Crippen LogP contribution in [0.4, 0.5) is 0 Å². The van der Waals surface area contributed by atoms with E-state index in [0.717, 1.165) is 36.5 Å². The van der Waals surface area contributed by atoms with Crippen LogP contribution < -0.4 is 10.1 Å². The SMILES string of the molecule is Cc1ccc(OCC2CCC(C)O2)c(CNC2CC2)n1. The van der Waals surface area contributed by atoms with E-state index in [0.29, 0.717) is 18.8 Å². The van der Waals surface area contributed by atoms with Crippen molar-refractivity contribution in [3.63, 3.8) is 0 Å². The summed E-state index contributed by atoms with van der Waals surface area (Å²) >= 11 is 0. The van der Waals surface area contributed by atoms with Gasteiger partial charge in [0.05, 0.1) is 17.9 Å². The minimum atomic E-state index is 0.232. The molecule has 2 aliphatic rings. The van der Waals surface area contributed by atoms with Crippen molar-refractivity contribution in [3.05, 3.63) is 23.5 Å². The standard InChI is InChI=1S/C16H24N2O2/c1-11-3-8-16(15(18-11)9-17-13-5-6-13)19-10-14-7-4-12(2)20-14/h3,8,12-14,17H,4-7,9-10H2,1-2H3. The lowest BCUT2D eigenvalue weighted by atomic mass is 10.2. The smallest absolute Gasteiger partial charge is 0.142 e. The van der Waals surface area contributed by atoms with Crippen LogP contribution in [-0.2, 0) is 11.3 Å². The van der Waals surface area contributed by atoms with Crippen LogP contribution in [0, 0.1) is 6.92 Å². The summed E-state index contributed by atoms with van der Waals surface area (Å²) in [5.41, 5.74) is 2.05. The normalized spacial score (nSPS) is 25.9. The van der Waals surface area contributed by atoms with Gasteiger partial charge in [0.25, 0.3) is 0 Å². The van der Waals surface area contributed by atoms with E-state index >= 15 is 0 Å². The average molecular weight is 276 g/mol. The van der Waals surface area contributed by atoms with E-state index in [9.17, 15) is 0 Å². The maximum Gasteiger partial charge on any atom is 0.142 e. The van der Waals surface area contributed by atoms with Crippen LogP contribution in [0.5, 0.6) is 5.75 Å². The van der Waals surface area contributed by atoms with Crippen LogP contribution in [0.1, 0.15) is 44.0 Å². The van der Waals surface area contributed by atoms with Gasteiger partial charge < -0.3 is 14.8 Å². The maximum absolute atomic E-state index is 5.95. The van der Waals surface area contributed by atoms with E-state index in [2.05, 4.69) is 17.2 Å². The van der Waals surface area contributed by atoms with Gasteiger partial charge >= 0.3 is 0 Å². The average Bonchev–Trinajstić information content (AvgIpc) is 3.17. The molecule has 0 amide bonds. The lowest BCUT2D eigenvalue weighted by Crippen LogP contribution is -2.21. The van der Waals surface area contributed by atoms with Gasteiger partial charge in [-0.25, -0.2) is 0 Å². The van der Waals surface area contributed by atoms with Crippen molar-refractivity contribution in [3.8, 4) is 5.75 Å². The van der Waals surface area contributed by atoms with Crippen molar-refractivity contribution in [1.29, 1.82) is 0 Å². The second-order valence-corrected chi connectivity index (χ2v) is 6.01. The molecule has 2 fully saturated rings. The maximum atomic E-state index is 5.95. The van der Waals surface area contributed by atoms with Gasteiger partial charge in [0.1, 0.15) is 12.4 Å². The van der Waals surface area contributed by atoms with Crippen molar-refractivity contribution in [2.75, 3.05) is 6.61 Å². The Morgan fingerprint density at radius 2 is 2.15 bits per heavy atom. The zero-order valence-electron chi connectivity index (χ0n) is 12.4. The Bertz CT molecular complexity index is 460. The molecule has 1 saturated carbocycles. The first-order chi connectivity index (χ1) is 9.70. The van der Waals surface area contributed by atoms with E-state index in [-0.39, 0.29) is 6.10 Å². The molecule has 2 atom stereocenters. The Morgan fingerprint density at radius 1 is 1.30 bits per heavy atom. The van der Waals surface area contributed by atoms with E-state index in [1.165, 1.54) is 12.8 Å². The highest BCUT2D eigenvalue weighted by Gasteiger charge is 2.23. The number of rotatable bonds is 6. The second kappa shape index (κ2) is 6.10. The number of nitrogens with zero attached hydrogens (tertiary/aromatic N) is 1. The molecule has 20 heavy (non-hydrogen) atoms. The Labute approximate surface area is 120 Å². The third kappa shape index (κ3) is 3.70. The molecule has 4 heteroatoms. The zero-order valence-corrected chi connectivity index (χ0v) is 12.4. The lowest BCUT2D eigenvalue weighted by molar-refractivity contribution is 0.0261. The molecule has 4 nitrogen and oxygen atoms in total. The summed E-state index contributed by atoms with van der Waals surface area (Å²) in [7, 11) is 0. The summed E-state index contributed by atoms with van der Waals surface area (Å²) in [5, 5.41) is 3.50. The summed E-state index contributed by atoms with van der Waals surface area (Å²) in [6, 6.07) is 4.72. The largest absolute Gasteiger partial charge is 0.489 e. The predicted octanol–water partition coefficient (Wildman–Crippen LogP) is 2.59. The number of pyridine rings is 1. The van der Waals surface area contributed by atoms with E-state index < -0.39 is 0 Å². The van der Waals surface area contributed by atoms with Crippen LogP contribution in [0.2, 0.25) is 0 Å². The van der Waals surface area contributed by atoms with Gasteiger partial charge in [-0.05, 0) is 51.7 Å². The highest BCUT2D eigenvalue weighted by molar-refractivity contribution is 5.29. The first-order valence-electron chi connectivity index (χ1n) is 7.69. The Hall–Kier alpha value is -1.13. The van der Waals surface area contributed by atoms with Crippen LogP contribution >= 0.6 is 0 Å². The molecule has 1 aliphatic heterocycles. The predicted molar refractivity (Wildman–Crippen MR) is 77.9 cm³/mol. The van der Waals surface area contributed by atoms with Gasteiger partial charge in [-0.3, -0.25) is 4.98 Å². The van der Waals surface area contributed by atoms with Crippen LogP contribution in [0.3, 0.4) is 0 Å². The molecule has 1 aromatic rings. The molecular formula is C16H24N2O2. The molecule has 0 spiro atoms. The highest BCUT2D eigenvalue weighted by Crippen LogP contribution is 2.24. The lowest BCUT2D eigenvalue weighted by Gasteiger charge is -2.15. The molecule has 110 valence electrons. The fourth-order valence-electron chi connectivity index (χ4n) is 2.57. The monoisotopic (exact) mass is 276 g/mol. The number of ether oxygens (including phenoxy) is 2. The summed E-state index contributed by atoms with van der Waals surface area (Å²) in [5.74, 6) is 0.895. The minimum absolute atomic E-state index is 0.232. The molecular weight excluding hydrogens is 252 g/mol. The van der Waals surface area contributed by atoms with Gasteiger partial charge in [-0.1, -0.05) is 0 Å². The van der Waals surface area contributed by atoms with Gasteiger partial charge in [-0.15, -0.1) is 0 Å². The van der Waals surface area contributed by atoms with Crippen molar-refractivity contribution in [1.82, 2.24) is 10.3 Å². The molecule has 2 unspecified atom stereocenters. The van der Waals surface area contributed by atoms with Gasteiger partial charge in [-0.2, -0.15) is 0 Å². The quantitative estimate of drug-likeness (QED) is 0.867. The zero-order chi connectivity index (χ0) is 13.9. The van der Waals surface area contributed by atoms with Gasteiger partial charge in [0, 0.05) is 18.3 Å². The molecule has 1 aliphatic carbocycles. The van der Waals surface area contributed by atoms with Crippen molar-refractivity contribution in [2.45, 2.75) is 64.3 Å². The fourth-order valence-corrected chi connectivity index (χ4v) is 2.57. The molecule has 0 aromatic carbocycles. The van der Waals surface area contributed by atoms with Crippen LogP contribution in [0.15, 0.2) is 12.1 Å². The molecule has 3 rings (SSSR count). The Kier molecular flexibility index (Phi) is 4.22. The fraction of sp³-hybridized carbons (Fsp3) is 0.688. The molecule has 0 radical (unpaired) electrons. The molecule has 2 heterocycles. The number of hydrogen-bond donors (Lipinski definition) is 1. The van der Waals surface area contributed by atoms with E-state index in [1.807, 2.05) is 19.1 Å². The Balaban J connectivity index is 1.58. The molecule has 1 aromatic heterocycles. The van der Waals surface area contributed by atoms with Crippen molar-refractivity contribution < 1.29 is 9.47 Å². The summed E-state index contributed by atoms with van der Waals surface area (Å²) in [4.78, 5) is 4.60. The van der Waals surface area contributed by atoms with Crippen LogP contribution in [0.25, 0.3) is 0 Å². The van der Waals surface area contributed by atoms with E-state index in [1.54, 1.807) is 0 Å². The third-order valence-corrected chi connectivity index (χ3v) is 3.95. The molecule has 1 saturated heterocycles. The Morgan fingerprint density at radius 3 is 2.85 bits per heavy atom. The summed E-state index contributed by atoms with van der Waals surface area (Å²) in [6.45, 7) is 5.57. The van der Waals surface area contributed by atoms with E-state index in [4.69, 9.17) is 9.47 Å². The topological polar surface area (TPSA) is 43.4 Å². The van der Waals surface area contributed by atoms with Crippen LogP contribution in [-0.4, -0.2) is 29.8 Å². The first kappa shape index (κ1) is 13.8. The first-order valence-corrected chi connectivity index (χ1v) is 7.69. The van der Waals surface area contributed by atoms with Gasteiger partial charge in [0.15, 0.2) is 0 Å². The third-order valence-electron chi connectivity index (χ3n) is 3.95. The minimum Gasteiger partial charge on any atom is -0.489 e. The number of hydrogen-bond acceptors (Lipinski definition) is 4. The summed E-state index contributed by atoms with van der Waals surface area (Å²) < 4.78 is 11.7. The van der Waals surface area contributed by atoms with Gasteiger partial charge in [0.2, 0.25) is 0 Å². The number of nitrogens with one attached hydrogen (secondary N) is 1. The summed E-state index contributed by atoms with van der Waals surface area (Å²) in [6.07, 6.45) is 5.41. The number of aromatic nitrogens is 1. The second-order valence-electron chi connectivity index (χ2n) is 6.01. The van der Waals surface area contributed by atoms with Crippen molar-refractivity contribution in [2.24, 2.45) is 0 Å².